The molecule has 0 aromatic heterocycles. The van der Waals surface area contributed by atoms with Gasteiger partial charge in [-0.15, -0.1) is 0 Å². The maximum Gasteiger partial charge on any atom is 0.251 e. The molecule has 0 aliphatic heterocycles. The Bertz CT molecular complexity index is 719. The number of nitrogens with zero attached hydrogens (tertiary/aromatic N) is 1. The van der Waals surface area contributed by atoms with Gasteiger partial charge in [-0.3, -0.25) is 9.59 Å². The zero-order valence-electron chi connectivity index (χ0n) is 12.6. The van der Waals surface area contributed by atoms with E-state index in [-0.39, 0.29) is 24.6 Å². The van der Waals surface area contributed by atoms with Gasteiger partial charge in [0.15, 0.2) is 0 Å². The van der Waals surface area contributed by atoms with Crippen molar-refractivity contribution >= 4 is 11.8 Å². The monoisotopic (exact) mass is 318 g/mol. The van der Waals surface area contributed by atoms with Crippen molar-refractivity contribution in [1.29, 1.82) is 0 Å². The lowest BCUT2D eigenvalue weighted by molar-refractivity contribution is -0.129. The van der Waals surface area contributed by atoms with Crippen molar-refractivity contribution in [2.75, 3.05) is 13.6 Å². The van der Waals surface area contributed by atoms with E-state index in [1.54, 1.807) is 18.2 Å². The zero-order chi connectivity index (χ0) is 16.8. The van der Waals surface area contributed by atoms with Crippen LogP contribution in [0.15, 0.2) is 48.5 Å². The normalized spacial score (nSPS) is 10.2. The van der Waals surface area contributed by atoms with E-state index < -0.39 is 17.5 Å². The van der Waals surface area contributed by atoms with Crippen LogP contribution in [0.3, 0.4) is 0 Å². The molecule has 6 heteroatoms. The smallest absolute Gasteiger partial charge is 0.251 e. The van der Waals surface area contributed by atoms with Crippen molar-refractivity contribution in [3.05, 3.63) is 71.3 Å². The van der Waals surface area contributed by atoms with Crippen LogP contribution in [0.25, 0.3) is 0 Å². The van der Waals surface area contributed by atoms with Gasteiger partial charge in [0.1, 0.15) is 11.6 Å². The first-order chi connectivity index (χ1) is 11.0. The minimum absolute atomic E-state index is 0.0986. The first-order valence-corrected chi connectivity index (χ1v) is 6.98. The Morgan fingerprint density at radius 1 is 1.09 bits per heavy atom. The molecule has 0 fully saturated rings. The Balaban J connectivity index is 1.89. The molecule has 120 valence electrons. The summed E-state index contributed by atoms with van der Waals surface area (Å²) in [6.07, 6.45) is 0. The first-order valence-electron chi connectivity index (χ1n) is 6.98. The Hall–Kier alpha value is -2.76. The summed E-state index contributed by atoms with van der Waals surface area (Å²) in [5.41, 5.74) is 0.523. The van der Waals surface area contributed by atoms with E-state index in [9.17, 15) is 18.4 Å². The van der Waals surface area contributed by atoms with Crippen molar-refractivity contribution < 1.29 is 18.4 Å². The molecule has 0 unspecified atom stereocenters. The number of halogens is 2. The average Bonchev–Trinajstić information content (AvgIpc) is 2.54. The third-order valence-corrected chi connectivity index (χ3v) is 3.28. The van der Waals surface area contributed by atoms with Crippen molar-refractivity contribution in [2.24, 2.45) is 0 Å². The SMILES string of the molecule is CN(Cc1ccccc1F)C(=O)CNC(=O)c1cccc(F)c1. The van der Waals surface area contributed by atoms with Crippen LogP contribution in [-0.4, -0.2) is 30.3 Å². The van der Waals surface area contributed by atoms with Crippen molar-refractivity contribution in [2.45, 2.75) is 6.54 Å². The van der Waals surface area contributed by atoms with E-state index >= 15 is 0 Å². The fraction of sp³-hybridized carbons (Fsp3) is 0.176. The van der Waals surface area contributed by atoms with Gasteiger partial charge in [0.05, 0.1) is 6.54 Å². The third kappa shape index (κ3) is 4.60. The number of carbonyl (C=O) groups excluding carboxylic acids is 2. The van der Waals surface area contributed by atoms with Crippen LogP contribution in [0.5, 0.6) is 0 Å². The fourth-order valence-corrected chi connectivity index (χ4v) is 1.99. The molecule has 0 atom stereocenters. The summed E-state index contributed by atoms with van der Waals surface area (Å²) < 4.78 is 26.6. The second-order valence-electron chi connectivity index (χ2n) is 5.03. The van der Waals surface area contributed by atoms with Crippen molar-refractivity contribution in [3.8, 4) is 0 Å². The molecule has 2 aromatic carbocycles. The maximum atomic E-state index is 13.5. The summed E-state index contributed by atoms with van der Waals surface area (Å²) >= 11 is 0. The third-order valence-electron chi connectivity index (χ3n) is 3.28. The number of carbonyl (C=O) groups is 2. The summed E-state index contributed by atoms with van der Waals surface area (Å²) in [6.45, 7) is -0.151. The van der Waals surface area contributed by atoms with Crippen LogP contribution < -0.4 is 5.32 Å². The minimum atomic E-state index is -0.544. The molecular formula is C17H16F2N2O2. The number of hydrogen-bond acceptors (Lipinski definition) is 2. The van der Waals surface area contributed by atoms with Gasteiger partial charge in [0.25, 0.3) is 5.91 Å². The van der Waals surface area contributed by atoms with Gasteiger partial charge in [-0.1, -0.05) is 24.3 Å². The quantitative estimate of drug-likeness (QED) is 0.920. The summed E-state index contributed by atoms with van der Waals surface area (Å²) in [5, 5.41) is 2.42. The Labute approximate surface area is 132 Å². The fourth-order valence-electron chi connectivity index (χ4n) is 1.99. The molecule has 1 N–H and O–H groups in total. The molecule has 0 saturated carbocycles. The van der Waals surface area contributed by atoms with Crippen molar-refractivity contribution in [1.82, 2.24) is 10.2 Å². The van der Waals surface area contributed by atoms with Gasteiger partial charge in [-0.05, 0) is 24.3 Å². The summed E-state index contributed by atoms with van der Waals surface area (Å²) in [7, 11) is 1.52. The standard InChI is InChI=1S/C17H16F2N2O2/c1-21(11-13-5-2-3-8-15(13)19)16(22)10-20-17(23)12-6-4-7-14(18)9-12/h2-9H,10-11H2,1H3,(H,20,23). The van der Waals surface area contributed by atoms with Crippen molar-refractivity contribution in [3.63, 3.8) is 0 Å². The molecule has 0 aliphatic carbocycles. The van der Waals surface area contributed by atoms with Crippen LogP contribution in [0.2, 0.25) is 0 Å². The minimum Gasteiger partial charge on any atom is -0.343 e. The Morgan fingerprint density at radius 2 is 1.83 bits per heavy atom. The predicted octanol–water partition coefficient (Wildman–Crippen LogP) is 2.35. The molecule has 0 aliphatic rings. The number of hydrogen-bond donors (Lipinski definition) is 1. The van der Waals surface area contributed by atoms with Gasteiger partial charge in [-0.25, -0.2) is 8.78 Å². The molecule has 4 nitrogen and oxygen atoms in total. The van der Waals surface area contributed by atoms with Gasteiger partial charge in [0, 0.05) is 24.7 Å². The van der Waals surface area contributed by atoms with Gasteiger partial charge in [0.2, 0.25) is 5.91 Å². The second-order valence-corrected chi connectivity index (χ2v) is 5.03. The second kappa shape index (κ2) is 7.49. The Kier molecular flexibility index (Phi) is 5.41. The van der Waals surface area contributed by atoms with E-state index in [4.69, 9.17) is 0 Å². The van der Waals surface area contributed by atoms with Crippen LogP contribution in [0.4, 0.5) is 8.78 Å². The molecule has 23 heavy (non-hydrogen) atoms. The summed E-state index contributed by atoms with van der Waals surface area (Å²) in [6, 6.07) is 11.3. The van der Waals surface area contributed by atoms with E-state index in [1.165, 1.54) is 36.2 Å². The average molecular weight is 318 g/mol. The van der Waals surface area contributed by atoms with Gasteiger partial charge in [-0.2, -0.15) is 0 Å². The molecule has 2 rings (SSSR count). The van der Waals surface area contributed by atoms with Crippen LogP contribution in [0, 0.1) is 11.6 Å². The zero-order valence-corrected chi connectivity index (χ0v) is 12.6. The number of likely N-dealkylation sites (N-methyl/N-ethyl adjacent to an activating group) is 1. The lowest BCUT2D eigenvalue weighted by atomic mass is 10.2. The molecular weight excluding hydrogens is 302 g/mol. The number of nitrogens with one attached hydrogen (secondary N) is 1. The summed E-state index contributed by atoms with van der Waals surface area (Å²) in [5.74, 6) is -1.84. The number of rotatable bonds is 5. The highest BCUT2D eigenvalue weighted by molar-refractivity contribution is 5.96. The molecule has 0 radical (unpaired) electrons. The lowest BCUT2D eigenvalue weighted by Crippen LogP contribution is -2.38. The van der Waals surface area contributed by atoms with E-state index in [0.717, 1.165) is 6.07 Å². The van der Waals surface area contributed by atoms with Crippen LogP contribution in [-0.2, 0) is 11.3 Å². The highest BCUT2D eigenvalue weighted by atomic mass is 19.1. The number of amides is 2. The highest BCUT2D eigenvalue weighted by Gasteiger charge is 2.13. The molecule has 2 amide bonds. The topological polar surface area (TPSA) is 49.4 Å². The summed E-state index contributed by atoms with van der Waals surface area (Å²) in [4.78, 5) is 25.1. The highest BCUT2D eigenvalue weighted by Crippen LogP contribution is 2.09. The Morgan fingerprint density at radius 3 is 2.52 bits per heavy atom. The van der Waals surface area contributed by atoms with E-state index in [2.05, 4.69) is 5.32 Å². The van der Waals surface area contributed by atoms with Crippen LogP contribution in [0.1, 0.15) is 15.9 Å². The molecule has 0 spiro atoms. The van der Waals surface area contributed by atoms with E-state index in [0.29, 0.717) is 5.56 Å². The lowest BCUT2D eigenvalue weighted by Gasteiger charge is -2.18. The predicted molar refractivity (Wildman–Crippen MR) is 81.6 cm³/mol. The first kappa shape index (κ1) is 16.6. The molecule has 2 aromatic rings. The van der Waals surface area contributed by atoms with Gasteiger partial charge < -0.3 is 10.2 Å². The van der Waals surface area contributed by atoms with Gasteiger partial charge >= 0.3 is 0 Å². The number of benzene rings is 2. The van der Waals surface area contributed by atoms with E-state index in [1.807, 2.05) is 0 Å². The molecule has 0 saturated heterocycles. The molecule has 0 heterocycles. The molecule has 0 bridgehead atoms. The largest absolute Gasteiger partial charge is 0.343 e. The maximum absolute atomic E-state index is 13.5. The van der Waals surface area contributed by atoms with Crippen LogP contribution >= 0.6 is 0 Å².